The Labute approximate surface area is 202 Å². The van der Waals surface area contributed by atoms with Crippen molar-refractivity contribution in [1.82, 2.24) is 4.90 Å². The third kappa shape index (κ3) is 6.50. The Hall–Kier alpha value is -2.53. The minimum atomic E-state index is -0.0622. The summed E-state index contributed by atoms with van der Waals surface area (Å²) < 4.78 is 11.9. The zero-order chi connectivity index (χ0) is 22.9. The maximum atomic E-state index is 6.36. The number of rotatable bonds is 10. The molecular weight excluding hydrogens is 432 g/mol. The molecule has 0 saturated carbocycles. The van der Waals surface area contributed by atoms with Crippen molar-refractivity contribution in [2.24, 2.45) is 0 Å². The van der Waals surface area contributed by atoms with Gasteiger partial charge in [-0.15, -0.1) is 0 Å². The second-order valence-corrected chi connectivity index (χ2v) is 8.86. The number of anilines is 1. The zero-order valence-electron chi connectivity index (χ0n) is 19.3. The topological polar surface area (TPSA) is 24.9 Å². The maximum Gasteiger partial charge on any atom is 0.142 e. The van der Waals surface area contributed by atoms with Crippen LogP contribution in [0.2, 0.25) is 5.02 Å². The van der Waals surface area contributed by atoms with Crippen molar-refractivity contribution >= 4 is 17.3 Å². The summed E-state index contributed by atoms with van der Waals surface area (Å²) in [6, 6.07) is 26.7. The summed E-state index contributed by atoms with van der Waals surface area (Å²) in [5, 5.41) is 0.747. The normalized spacial score (nSPS) is 15.4. The Kier molecular flexibility index (Phi) is 8.65. The van der Waals surface area contributed by atoms with Gasteiger partial charge in [-0.25, -0.2) is 0 Å². The number of halogens is 1. The molecule has 0 N–H and O–H groups in total. The van der Waals surface area contributed by atoms with Gasteiger partial charge in [-0.05, 0) is 54.8 Å². The van der Waals surface area contributed by atoms with E-state index in [1.165, 1.54) is 11.3 Å². The van der Waals surface area contributed by atoms with Crippen LogP contribution in [0.3, 0.4) is 0 Å². The average molecular weight is 465 g/mol. The van der Waals surface area contributed by atoms with Crippen LogP contribution < -0.4 is 9.64 Å². The van der Waals surface area contributed by atoms with Crippen molar-refractivity contribution < 1.29 is 9.47 Å². The van der Waals surface area contributed by atoms with Crippen molar-refractivity contribution in [3.05, 3.63) is 95.0 Å². The van der Waals surface area contributed by atoms with Gasteiger partial charge in [0.05, 0.1) is 12.8 Å². The lowest BCUT2D eigenvalue weighted by atomic mass is 10.0. The van der Waals surface area contributed by atoms with Gasteiger partial charge >= 0.3 is 0 Å². The van der Waals surface area contributed by atoms with Gasteiger partial charge < -0.3 is 14.4 Å². The molecule has 174 valence electrons. The fraction of sp³-hybridized carbons (Fsp3) is 0.357. The molecule has 3 aromatic rings. The number of unbranched alkanes of at least 4 members (excludes halogenated alkanes) is 1. The van der Waals surface area contributed by atoms with E-state index >= 15 is 0 Å². The number of hydrogen-bond donors (Lipinski definition) is 0. The Bertz CT molecular complexity index is 973. The Morgan fingerprint density at radius 3 is 2.18 bits per heavy atom. The second kappa shape index (κ2) is 12.1. The smallest absolute Gasteiger partial charge is 0.142 e. The lowest BCUT2D eigenvalue weighted by Crippen LogP contribution is -2.46. The first-order valence-corrected chi connectivity index (χ1v) is 12.1. The molecule has 1 atom stereocenters. The van der Waals surface area contributed by atoms with E-state index in [0.29, 0.717) is 0 Å². The van der Waals surface area contributed by atoms with Gasteiger partial charge in [0, 0.05) is 37.8 Å². The maximum absolute atomic E-state index is 6.36. The number of ether oxygens (including phenoxy) is 2. The zero-order valence-corrected chi connectivity index (χ0v) is 20.1. The molecule has 1 aliphatic heterocycles. The average Bonchev–Trinajstić information content (AvgIpc) is 2.88. The van der Waals surface area contributed by atoms with E-state index in [2.05, 4.69) is 58.3 Å². The highest BCUT2D eigenvalue weighted by molar-refractivity contribution is 6.30. The van der Waals surface area contributed by atoms with Gasteiger partial charge in [-0.2, -0.15) is 0 Å². The first-order valence-electron chi connectivity index (χ1n) is 11.8. The highest BCUT2D eigenvalue weighted by Crippen LogP contribution is 2.29. The van der Waals surface area contributed by atoms with Crippen molar-refractivity contribution in [1.29, 1.82) is 0 Å². The SMILES string of the molecule is COc1ccccc1N1CCN(CCCCOC(c2ccccc2)c2ccc(Cl)cc2)CC1. The molecule has 1 heterocycles. The van der Waals surface area contributed by atoms with Gasteiger partial charge in [-0.3, -0.25) is 4.90 Å². The minimum Gasteiger partial charge on any atom is -0.495 e. The third-order valence-electron chi connectivity index (χ3n) is 6.23. The largest absolute Gasteiger partial charge is 0.495 e. The molecule has 0 aliphatic carbocycles. The van der Waals surface area contributed by atoms with E-state index in [9.17, 15) is 0 Å². The number of para-hydroxylation sites is 2. The molecule has 0 radical (unpaired) electrons. The fourth-order valence-electron chi connectivity index (χ4n) is 4.39. The van der Waals surface area contributed by atoms with Crippen LogP contribution in [0.25, 0.3) is 0 Å². The van der Waals surface area contributed by atoms with Crippen molar-refractivity contribution in [2.75, 3.05) is 51.3 Å². The summed E-state index contributed by atoms with van der Waals surface area (Å²) >= 11 is 6.09. The van der Waals surface area contributed by atoms with Crippen LogP contribution in [0.1, 0.15) is 30.1 Å². The second-order valence-electron chi connectivity index (χ2n) is 8.42. The summed E-state index contributed by atoms with van der Waals surface area (Å²) in [5.74, 6) is 0.955. The molecular formula is C28H33ClN2O2. The van der Waals surface area contributed by atoms with Crippen LogP contribution >= 0.6 is 11.6 Å². The minimum absolute atomic E-state index is 0.0622. The van der Waals surface area contributed by atoms with Crippen LogP contribution in [-0.4, -0.2) is 51.3 Å². The predicted molar refractivity (Wildman–Crippen MR) is 137 cm³/mol. The van der Waals surface area contributed by atoms with E-state index < -0.39 is 0 Å². The quantitative estimate of drug-likeness (QED) is 0.340. The van der Waals surface area contributed by atoms with E-state index in [1.54, 1.807) is 7.11 Å². The van der Waals surface area contributed by atoms with E-state index in [0.717, 1.165) is 68.5 Å². The lowest BCUT2D eigenvalue weighted by molar-refractivity contribution is 0.0751. The molecule has 33 heavy (non-hydrogen) atoms. The molecule has 0 bridgehead atoms. The molecule has 4 rings (SSSR count). The highest BCUT2D eigenvalue weighted by Gasteiger charge is 2.19. The van der Waals surface area contributed by atoms with Crippen LogP contribution in [0, 0.1) is 0 Å². The Balaban J connectivity index is 1.22. The number of piperazine rings is 1. The first-order chi connectivity index (χ1) is 16.2. The van der Waals surface area contributed by atoms with Crippen molar-refractivity contribution in [3.63, 3.8) is 0 Å². The summed E-state index contributed by atoms with van der Waals surface area (Å²) in [7, 11) is 1.74. The van der Waals surface area contributed by atoms with Gasteiger partial charge in [0.15, 0.2) is 0 Å². The number of nitrogens with zero attached hydrogens (tertiary/aromatic N) is 2. The number of hydrogen-bond acceptors (Lipinski definition) is 4. The molecule has 0 spiro atoms. The van der Waals surface area contributed by atoms with Crippen LogP contribution in [-0.2, 0) is 4.74 Å². The number of benzene rings is 3. The fourth-order valence-corrected chi connectivity index (χ4v) is 4.52. The number of methoxy groups -OCH3 is 1. The van der Waals surface area contributed by atoms with E-state index in [-0.39, 0.29) is 6.10 Å². The molecule has 0 aromatic heterocycles. The van der Waals surface area contributed by atoms with Crippen LogP contribution in [0.15, 0.2) is 78.9 Å². The summed E-state index contributed by atoms with van der Waals surface area (Å²) in [4.78, 5) is 4.98. The molecule has 1 aliphatic rings. The van der Waals surface area contributed by atoms with Crippen LogP contribution in [0.5, 0.6) is 5.75 Å². The molecule has 0 amide bonds. The molecule has 3 aromatic carbocycles. The molecule has 4 nitrogen and oxygen atoms in total. The standard InChI is InChI=1S/C28H33ClN2O2/c1-32-27-12-6-5-11-26(27)31-20-18-30(19-21-31)17-7-8-22-33-28(23-9-3-2-4-10-23)24-13-15-25(29)16-14-24/h2-6,9-16,28H,7-8,17-22H2,1H3. The summed E-state index contributed by atoms with van der Waals surface area (Å²) in [6.45, 7) is 6.07. The molecule has 1 fully saturated rings. The van der Waals surface area contributed by atoms with Crippen molar-refractivity contribution in [3.8, 4) is 5.75 Å². The van der Waals surface area contributed by atoms with Gasteiger partial charge in [-0.1, -0.05) is 66.2 Å². The van der Waals surface area contributed by atoms with E-state index in [1.807, 2.05) is 30.3 Å². The first kappa shape index (κ1) is 23.6. The summed E-state index contributed by atoms with van der Waals surface area (Å²) in [6.07, 6.45) is 2.12. The van der Waals surface area contributed by atoms with Gasteiger partial charge in [0.2, 0.25) is 0 Å². The van der Waals surface area contributed by atoms with Gasteiger partial charge in [0.25, 0.3) is 0 Å². The van der Waals surface area contributed by atoms with Gasteiger partial charge in [0.1, 0.15) is 11.9 Å². The Morgan fingerprint density at radius 2 is 1.45 bits per heavy atom. The molecule has 1 saturated heterocycles. The highest BCUT2D eigenvalue weighted by atomic mass is 35.5. The Morgan fingerprint density at radius 1 is 0.788 bits per heavy atom. The van der Waals surface area contributed by atoms with E-state index in [4.69, 9.17) is 21.1 Å². The van der Waals surface area contributed by atoms with Crippen LogP contribution in [0.4, 0.5) is 5.69 Å². The molecule has 5 heteroatoms. The van der Waals surface area contributed by atoms with Crippen molar-refractivity contribution in [2.45, 2.75) is 18.9 Å². The summed E-state index contributed by atoms with van der Waals surface area (Å²) in [5.41, 5.74) is 3.51. The third-order valence-corrected chi connectivity index (χ3v) is 6.48. The molecule has 1 unspecified atom stereocenters. The monoisotopic (exact) mass is 464 g/mol. The lowest BCUT2D eigenvalue weighted by Gasteiger charge is -2.36. The predicted octanol–water partition coefficient (Wildman–Crippen LogP) is 6.06.